The van der Waals surface area contributed by atoms with Gasteiger partial charge in [0.15, 0.2) is 0 Å². The van der Waals surface area contributed by atoms with Crippen LogP contribution in [0.2, 0.25) is 5.21 Å². The molecule has 0 aliphatic carbocycles. The van der Waals surface area contributed by atoms with E-state index in [1.54, 1.807) is 0 Å². The first-order valence-corrected chi connectivity index (χ1v) is 2.43. The average Bonchev–Trinajstić information content (AvgIpc) is 1.97. The minimum absolute atomic E-state index is 0.461. The zero-order chi connectivity index (χ0) is 7.94. The fraction of sp³-hybridized carbons (Fsp3) is 0.250. The number of cyclic esters (lactones) is 2. The van der Waals surface area contributed by atoms with E-state index in [2.05, 4.69) is 4.74 Å². The molecular weight excluding hydrogens is 128 g/mol. The molecule has 1 heterocycles. The molecule has 0 aromatic rings. The quantitative estimate of drug-likeness (QED) is 0.213. The van der Waals surface area contributed by atoms with Crippen LogP contribution in [0, 0.1) is 0 Å². The number of carbonyl (C=O) groups excluding carboxylic acids is 2. The Morgan fingerprint density at radius 3 is 1.90 bits per heavy atom. The van der Waals surface area contributed by atoms with E-state index in [-0.39, 0.29) is 0 Å². The van der Waals surface area contributed by atoms with Crippen LogP contribution >= 0.6 is 0 Å². The number of esters is 2. The molecule has 1 fully saturated rings. The van der Waals surface area contributed by atoms with E-state index in [9.17, 15) is 9.59 Å². The van der Waals surface area contributed by atoms with Crippen molar-refractivity contribution in [3.05, 3.63) is 0 Å². The Balaban J connectivity index is 3.08. The summed E-state index contributed by atoms with van der Waals surface area (Å²) in [6.45, 7) is 0. The van der Waals surface area contributed by atoms with Gasteiger partial charge in [-0.3, -0.25) is 0 Å². The fourth-order valence-electron chi connectivity index (χ4n) is 0.502. The first-order chi connectivity index (χ1) is 4.46. The fourth-order valence-corrected chi connectivity index (χ4v) is 0.502. The molecular formula is C4B3O3. The second kappa shape index (κ2) is 1.84. The van der Waals surface area contributed by atoms with Gasteiger partial charge in [-0.1, -0.05) is 0 Å². The van der Waals surface area contributed by atoms with Crippen LogP contribution in [0.3, 0.4) is 0 Å². The maximum atomic E-state index is 10.5. The van der Waals surface area contributed by atoms with Gasteiger partial charge in [0.05, 0.1) is 0 Å². The number of hydrogen-bond acceptors (Lipinski definition) is 3. The summed E-state index contributed by atoms with van der Waals surface area (Å²) in [7, 11) is 15.2. The summed E-state index contributed by atoms with van der Waals surface area (Å²) in [5, 5.41) is -1.93. The molecule has 3 nitrogen and oxygen atoms in total. The summed E-state index contributed by atoms with van der Waals surface area (Å²) >= 11 is 0. The van der Waals surface area contributed by atoms with Gasteiger partial charge in [0.25, 0.3) is 0 Å². The Morgan fingerprint density at radius 2 is 1.80 bits per heavy atom. The van der Waals surface area contributed by atoms with E-state index in [0.717, 1.165) is 0 Å². The van der Waals surface area contributed by atoms with Crippen LogP contribution in [0.1, 0.15) is 0 Å². The molecule has 6 heteroatoms. The normalized spacial score (nSPS) is 22.9. The number of carbonyl (C=O) groups is 2. The third-order valence-corrected chi connectivity index (χ3v) is 1.19. The molecule has 0 spiro atoms. The van der Waals surface area contributed by atoms with Crippen LogP contribution in [-0.2, 0) is 14.3 Å². The second-order valence-corrected chi connectivity index (χ2v) is 1.96. The Morgan fingerprint density at radius 1 is 1.30 bits per heavy atom. The van der Waals surface area contributed by atoms with Gasteiger partial charge in [0.1, 0.15) is 0 Å². The molecule has 0 bridgehead atoms. The van der Waals surface area contributed by atoms with E-state index >= 15 is 0 Å². The van der Waals surface area contributed by atoms with Crippen LogP contribution in [0.15, 0.2) is 0 Å². The third-order valence-electron chi connectivity index (χ3n) is 1.19. The number of hydrogen-bond donors (Lipinski definition) is 0. The van der Waals surface area contributed by atoms with Gasteiger partial charge in [0.2, 0.25) is 0 Å². The van der Waals surface area contributed by atoms with Gasteiger partial charge >= 0.3 is 60.1 Å². The molecule has 0 atom stereocenters. The first-order valence-electron chi connectivity index (χ1n) is 2.43. The molecule has 0 aromatic carbocycles. The summed E-state index contributed by atoms with van der Waals surface area (Å²) < 4.78 is 4.00. The van der Waals surface area contributed by atoms with Crippen LogP contribution in [0.4, 0.5) is 0 Å². The predicted octanol–water partition coefficient (Wildman–Crippen LogP) is -2.14. The van der Waals surface area contributed by atoms with E-state index in [1.165, 1.54) is 0 Å². The first kappa shape index (κ1) is 7.31. The van der Waals surface area contributed by atoms with Crippen molar-refractivity contribution in [2.75, 3.05) is 0 Å². The van der Waals surface area contributed by atoms with Crippen molar-refractivity contribution in [2.24, 2.45) is 0 Å². The molecule has 1 aliphatic heterocycles. The average molecular weight is 128 g/mol. The zero-order valence-electron chi connectivity index (χ0n) is 4.96. The SMILES string of the molecule is [B]C1([B])C(=[B])C(=O)OC1=O. The number of rotatable bonds is 0. The van der Waals surface area contributed by atoms with E-state index < -0.39 is 22.6 Å². The van der Waals surface area contributed by atoms with Gasteiger partial charge in [0, 0.05) is 0 Å². The van der Waals surface area contributed by atoms with Crippen molar-refractivity contribution in [3.8, 4) is 0 Å². The standard InChI is InChI=1S/C4B3O3/c5-1-2(8)10-3(9)4(1,6)7. The van der Waals surface area contributed by atoms with Gasteiger partial charge in [-0.25, -0.2) is 0 Å². The molecule has 0 aromatic heterocycles. The van der Waals surface area contributed by atoms with Crippen molar-refractivity contribution in [2.45, 2.75) is 5.21 Å². The predicted molar refractivity (Wildman–Crippen MR) is 36.1 cm³/mol. The summed E-state index contributed by atoms with van der Waals surface area (Å²) in [4.78, 5) is 21.0. The van der Waals surface area contributed by atoms with Crippen LogP contribution < -0.4 is 0 Å². The van der Waals surface area contributed by atoms with E-state index in [1.807, 2.05) is 0 Å². The summed E-state index contributed by atoms with van der Waals surface area (Å²) in [6, 6.07) is 0. The Bertz CT molecular complexity index is 232. The minimum atomic E-state index is -1.93. The van der Waals surface area contributed by atoms with Gasteiger partial charge < -0.3 is 0 Å². The van der Waals surface area contributed by atoms with Crippen molar-refractivity contribution < 1.29 is 14.3 Å². The number of ether oxygens (including phenoxy) is 1. The van der Waals surface area contributed by atoms with Crippen LogP contribution in [-0.4, -0.2) is 40.6 Å². The van der Waals surface area contributed by atoms with E-state index in [4.69, 9.17) is 23.2 Å². The Labute approximate surface area is 61.0 Å². The Hall–Kier alpha value is -0.795. The molecule has 0 amide bonds. The Kier molecular flexibility index (Phi) is 1.35. The summed E-state index contributed by atoms with van der Waals surface area (Å²) in [6.07, 6.45) is 0. The summed E-state index contributed by atoms with van der Waals surface area (Å²) in [5.74, 6) is -1.98. The van der Waals surface area contributed by atoms with Gasteiger partial charge in [-0.05, 0) is 0 Å². The monoisotopic (exact) mass is 129 g/mol. The molecule has 1 aliphatic rings. The molecule has 0 saturated carbocycles. The maximum absolute atomic E-state index is 10.5. The third kappa shape index (κ3) is 0.752. The molecule has 43 valence electrons. The van der Waals surface area contributed by atoms with Crippen LogP contribution in [0.25, 0.3) is 0 Å². The molecule has 0 N–H and O–H groups in total. The van der Waals surface area contributed by atoms with Crippen molar-refractivity contribution in [3.63, 3.8) is 0 Å². The van der Waals surface area contributed by atoms with Crippen molar-refractivity contribution in [1.82, 2.24) is 0 Å². The zero-order valence-corrected chi connectivity index (χ0v) is 4.96. The van der Waals surface area contributed by atoms with Crippen molar-refractivity contribution in [1.29, 1.82) is 0 Å². The van der Waals surface area contributed by atoms with E-state index in [0.29, 0.717) is 0 Å². The van der Waals surface area contributed by atoms with Gasteiger partial charge in [-0.15, -0.1) is 0 Å². The molecule has 10 heavy (non-hydrogen) atoms. The second-order valence-electron chi connectivity index (χ2n) is 1.96. The molecule has 1 saturated heterocycles. The molecule has 5 radical (unpaired) electrons. The summed E-state index contributed by atoms with van der Waals surface area (Å²) in [5.41, 5.74) is -0.461. The topological polar surface area (TPSA) is 43.4 Å². The molecule has 1 rings (SSSR count). The van der Waals surface area contributed by atoms with Crippen molar-refractivity contribution >= 4 is 40.6 Å². The molecule has 0 unspecified atom stereocenters. The van der Waals surface area contributed by atoms with Crippen LogP contribution in [0.5, 0.6) is 0 Å². The van der Waals surface area contributed by atoms with Gasteiger partial charge in [-0.2, -0.15) is 0 Å².